The van der Waals surface area contributed by atoms with Gasteiger partial charge in [0.1, 0.15) is 11.5 Å². The fourth-order valence-electron chi connectivity index (χ4n) is 2.43. The summed E-state index contributed by atoms with van der Waals surface area (Å²) in [6, 6.07) is -0.0960. The number of likely N-dealkylation sites (N-methyl/N-ethyl adjacent to an activating group) is 1. The Kier molecular flexibility index (Phi) is 3.38. The molecule has 0 saturated carbocycles. The van der Waals surface area contributed by atoms with Gasteiger partial charge in [0, 0.05) is 18.7 Å². The number of nitrogens with one attached hydrogen (secondary N) is 1. The number of amides is 1. The Morgan fingerprint density at radius 3 is 3.06 bits per heavy atom. The lowest BCUT2D eigenvalue weighted by Gasteiger charge is -2.31. The Morgan fingerprint density at radius 2 is 2.41 bits per heavy atom. The lowest BCUT2D eigenvalue weighted by atomic mass is 10.1. The summed E-state index contributed by atoms with van der Waals surface area (Å²) in [4.78, 5) is 13.7. The molecule has 1 amide bonds. The monoisotopic (exact) mass is 238 g/mol. The molecule has 0 aromatic carbocycles. The summed E-state index contributed by atoms with van der Waals surface area (Å²) in [5.74, 6) is -0.184. The van der Waals surface area contributed by atoms with Gasteiger partial charge in [-0.25, -0.2) is 0 Å². The molecule has 2 aliphatic heterocycles. The molecule has 17 heavy (non-hydrogen) atoms. The van der Waals surface area contributed by atoms with Gasteiger partial charge < -0.3 is 20.4 Å². The predicted molar refractivity (Wildman–Crippen MR) is 63.0 cm³/mol. The van der Waals surface area contributed by atoms with E-state index >= 15 is 0 Å². The molecule has 1 unspecified atom stereocenters. The first-order valence-electron chi connectivity index (χ1n) is 5.98. The van der Waals surface area contributed by atoms with Crippen molar-refractivity contribution in [1.29, 1.82) is 0 Å². The summed E-state index contributed by atoms with van der Waals surface area (Å²) >= 11 is 0. The van der Waals surface area contributed by atoms with E-state index < -0.39 is 0 Å². The van der Waals surface area contributed by atoms with Crippen molar-refractivity contribution in [3.05, 3.63) is 23.2 Å². The van der Waals surface area contributed by atoms with Gasteiger partial charge in [-0.05, 0) is 19.8 Å². The SMILES string of the molecule is CCNC(=O)C1=C(O)CC=C2CCC(CO)N21. The molecule has 2 heterocycles. The van der Waals surface area contributed by atoms with Crippen LogP contribution in [0, 0.1) is 0 Å². The quantitative estimate of drug-likeness (QED) is 0.674. The van der Waals surface area contributed by atoms with E-state index in [0.717, 1.165) is 18.5 Å². The largest absolute Gasteiger partial charge is 0.510 e. The van der Waals surface area contributed by atoms with Crippen LogP contribution in [0.5, 0.6) is 0 Å². The molecule has 5 heteroatoms. The maximum absolute atomic E-state index is 11.9. The number of nitrogens with zero attached hydrogens (tertiary/aromatic N) is 1. The van der Waals surface area contributed by atoms with Crippen molar-refractivity contribution < 1.29 is 15.0 Å². The molecule has 0 radical (unpaired) electrons. The zero-order valence-corrected chi connectivity index (χ0v) is 9.94. The molecule has 0 aliphatic carbocycles. The van der Waals surface area contributed by atoms with Gasteiger partial charge in [0.25, 0.3) is 5.91 Å². The average molecular weight is 238 g/mol. The van der Waals surface area contributed by atoms with Crippen molar-refractivity contribution in [2.24, 2.45) is 0 Å². The van der Waals surface area contributed by atoms with Crippen LogP contribution in [0.2, 0.25) is 0 Å². The average Bonchev–Trinajstić information content (AvgIpc) is 2.72. The fourth-order valence-corrected chi connectivity index (χ4v) is 2.43. The van der Waals surface area contributed by atoms with Crippen LogP contribution in [0.25, 0.3) is 0 Å². The maximum atomic E-state index is 11.9. The number of hydrogen-bond acceptors (Lipinski definition) is 4. The second-order valence-electron chi connectivity index (χ2n) is 4.30. The number of allylic oxidation sites excluding steroid dienone is 2. The van der Waals surface area contributed by atoms with E-state index in [0.29, 0.717) is 18.7 Å². The normalized spacial score (nSPS) is 23.5. The van der Waals surface area contributed by atoms with Gasteiger partial charge in [-0.2, -0.15) is 0 Å². The molecule has 1 atom stereocenters. The zero-order valence-electron chi connectivity index (χ0n) is 9.94. The highest BCUT2D eigenvalue weighted by atomic mass is 16.3. The molecule has 3 N–H and O–H groups in total. The van der Waals surface area contributed by atoms with Crippen LogP contribution in [-0.4, -0.2) is 40.2 Å². The van der Waals surface area contributed by atoms with Gasteiger partial charge >= 0.3 is 0 Å². The minimum atomic E-state index is -0.268. The molecular formula is C12H18N2O3. The third-order valence-electron chi connectivity index (χ3n) is 3.22. The molecule has 0 spiro atoms. The summed E-state index contributed by atoms with van der Waals surface area (Å²) in [5.41, 5.74) is 1.34. The standard InChI is InChI=1S/C12H18N2O3/c1-2-13-12(17)11-10(16)6-5-8-3-4-9(7-15)14(8)11/h5,9,15-16H,2-4,6-7H2,1H3,(H,13,17). The van der Waals surface area contributed by atoms with E-state index in [1.807, 2.05) is 13.0 Å². The van der Waals surface area contributed by atoms with E-state index in [9.17, 15) is 15.0 Å². The Hall–Kier alpha value is -1.49. The molecule has 0 bridgehead atoms. The van der Waals surface area contributed by atoms with Crippen molar-refractivity contribution in [2.75, 3.05) is 13.2 Å². The third-order valence-corrected chi connectivity index (χ3v) is 3.22. The first kappa shape index (κ1) is 12.0. The Balaban J connectivity index is 2.30. The molecule has 0 aromatic rings. The fraction of sp³-hybridized carbons (Fsp3) is 0.583. The van der Waals surface area contributed by atoms with Crippen molar-refractivity contribution in [3.8, 4) is 0 Å². The number of fused-ring (bicyclic) bond motifs is 1. The van der Waals surface area contributed by atoms with Gasteiger partial charge in [0.15, 0.2) is 0 Å². The summed E-state index contributed by atoms with van der Waals surface area (Å²) in [5, 5.41) is 21.9. The van der Waals surface area contributed by atoms with Crippen LogP contribution < -0.4 is 5.32 Å². The minimum Gasteiger partial charge on any atom is -0.510 e. The topological polar surface area (TPSA) is 72.8 Å². The van der Waals surface area contributed by atoms with Crippen LogP contribution in [0.15, 0.2) is 23.2 Å². The van der Waals surface area contributed by atoms with Gasteiger partial charge in [0.05, 0.1) is 12.6 Å². The zero-order chi connectivity index (χ0) is 12.4. The number of rotatable bonds is 3. The van der Waals surface area contributed by atoms with E-state index in [1.54, 1.807) is 4.90 Å². The number of aliphatic hydroxyl groups excluding tert-OH is 2. The van der Waals surface area contributed by atoms with Crippen LogP contribution >= 0.6 is 0 Å². The number of aliphatic hydroxyl groups is 2. The summed E-state index contributed by atoms with van der Waals surface area (Å²) in [6.45, 7) is 2.35. The summed E-state index contributed by atoms with van der Waals surface area (Å²) in [6.07, 6.45) is 3.99. The van der Waals surface area contributed by atoms with Gasteiger partial charge in [-0.3, -0.25) is 4.79 Å². The van der Waals surface area contributed by atoms with Gasteiger partial charge in [0.2, 0.25) is 0 Å². The van der Waals surface area contributed by atoms with Crippen LogP contribution in [0.1, 0.15) is 26.2 Å². The number of carbonyl (C=O) groups excluding carboxylic acids is 1. The van der Waals surface area contributed by atoms with Crippen LogP contribution in [-0.2, 0) is 4.79 Å². The van der Waals surface area contributed by atoms with E-state index in [2.05, 4.69) is 5.32 Å². The van der Waals surface area contributed by atoms with Crippen LogP contribution in [0.3, 0.4) is 0 Å². The van der Waals surface area contributed by atoms with Crippen molar-refractivity contribution in [1.82, 2.24) is 10.2 Å². The molecule has 0 aromatic heterocycles. The first-order valence-corrected chi connectivity index (χ1v) is 5.98. The minimum absolute atomic E-state index is 0.00642. The van der Waals surface area contributed by atoms with Gasteiger partial charge in [-0.15, -0.1) is 0 Å². The Morgan fingerprint density at radius 1 is 1.65 bits per heavy atom. The predicted octanol–water partition coefficient (Wildman–Crippen LogP) is 0.636. The highest BCUT2D eigenvalue weighted by Gasteiger charge is 2.36. The first-order chi connectivity index (χ1) is 8.19. The Labute approximate surface area is 100 Å². The Bertz CT molecular complexity index is 387. The summed E-state index contributed by atoms with van der Waals surface area (Å²) < 4.78 is 0. The van der Waals surface area contributed by atoms with E-state index in [-0.39, 0.29) is 24.3 Å². The van der Waals surface area contributed by atoms with Crippen molar-refractivity contribution in [3.63, 3.8) is 0 Å². The second-order valence-corrected chi connectivity index (χ2v) is 4.30. The van der Waals surface area contributed by atoms with E-state index in [1.165, 1.54) is 0 Å². The highest BCUT2D eigenvalue weighted by molar-refractivity contribution is 5.94. The van der Waals surface area contributed by atoms with Crippen molar-refractivity contribution >= 4 is 5.91 Å². The number of carbonyl (C=O) groups is 1. The molecule has 94 valence electrons. The maximum Gasteiger partial charge on any atom is 0.271 e. The molecule has 5 nitrogen and oxygen atoms in total. The van der Waals surface area contributed by atoms with Gasteiger partial charge in [-0.1, -0.05) is 6.08 Å². The lowest BCUT2D eigenvalue weighted by Crippen LogP contribution is -2.40. The smallest absolute Gasteiger partial charge is 0.271 e. The van der Waals surface area contributed by atoms with Crippen LogP contribution in [0.4, 0.5) is 0 Å². The van der Waals surface area contributed by atoms with E-state index in [4.69, 9.17) is 0 Å². The second kappa shape index (κ2) is 4.79. The molecule has 1 saturated heterocycles. The molecule has 2 rings (SSSR count). The third kappa shape index (κ3) is 2.02. The highest BCUT2D eigenvalue weighted by Crippen LogP contribution is 2.36. The summed E-state index contributed by atoms with van der Waals surface area (Å²) in [7, 11) is 0. The molecule has 2 aliphatic rings. The molecular weight excluding hydrogens is 220 g/mol. The molecule has 1 fully saturated rings. The van der Waals surface area contributed by atoms with Crippen molar-refractivity contribution in [2.45, 2.75) is 32.2 Å². The lowest BCUT2D eigenvalue weighted by molar-refractivity contribution is -0.119. The number of hydrogen-bond donors (Lipinski definition) is 3.